The maximum Gasteiger partial charge on any atom is 0.412 e. The molecular formula is C31H40N8O6. The van der Waals surface area contributed by atoms with Crippen molar-refractivity contribution >= 4 is 52.2 Å². The minimum atomic E-state index is -0.610. The van der Waals surface area contributed by atoms with E-state index in [0.717, 1.165) is 0 Å². The van der Waals surface area contributed by atoms with Gasteiger partial charge in [-0.2, -0.15) is 0 Å². The van der Waals surface area contributed by atoms with Crippen LogP contribution in [0.25, 0.3) is 0 Å². The molecule has 0 aromatic carbocycles. The highest BCUT2D eigenvalue weighted by atomic mass is 16.6. The maximum absolute atomic E-state index is 12.5. The predicted octanol–water partition coefficient (Wildman–Crippen LogP) is 4.57. The number of carbonyl (C=O) groups excluding carboxylic acids is 5. The van der Waals surface area contributed by atoms with Crippen LogP contribution in [0, 0.1) is 0 Å². The van der Waals surface area contributed by atoms with E-state index in [0.29, 0.717) is 45.5 Å². The topological polar surface area (TPSA) is 176 Å². The Balaban J connectivity index is 0.000000257. The van der Waals surface area contributed by atoms with E-state index in [-0.39, 0.29) is 23.4 Å². The van der Waals surface area contributed by atoms with Gasteiger partial charge < -0.3 is 39.4 Å². The molecule has 0 saturated carbocycles. The molecule has 0 radical (unpaired) electrons. The van der Waals surface area contributed by atoms with Crippen molar-refractivity contribution in [2.45, 2.75) is 40.2 Å². The summed E-state index contributed by atoms with van der Waals surface area (Å²) in [5, 5.41) is 8.08. The monoisotopic (exact) mass is 620 g/mol. The molecule has 14 heteroatoms. The normalized spacial score (nSPS) is 10.9. The van der Waals surface area contributed by atoms with Crippen molar-refractivity contribution in [2.75, 3.05) is 21.7 Å². The lowest BCUT2D eigenvalue weighted by molar-refractivity contribution is 0.0635. The summed E-state index contributed by atoms with van der Waals surface area (Å²) in [6.07, 6.45) is 6.05. The number of aryl methyl sites for hydroxylation is 4. The van der Waals surface area contributed by atoms with E-state index in [1.165, 1.54) is 13.8 Å². The van der Waals surface area contributed by atoms with Crippen molar-refractivity contribution in [3.05, 3.63) is 71.8 Å². The minimum Gasteiger partial charge on any atom is -0.444 e. The van der Waals surface area contributed by atoms with Gasteiger partial charge in [-0.25, -0.2) is 4.79 Å². The van der Waals surface area contributed by atoms with Gasteiger partial charge in [-0.15, -0.1) is 0 Å². The van der Waals surface area contributed by atoms with Crippen LogP contribution in [0.3, 0.4) is 0 Å². The first-order valence-corrected chi connectivity index (χ1v) is 13.9. The Morgan fingerprint density at radius 2 is 0.956 bits per heavy atom. The third kappa shape index (κ3) is 8.98. The van der Waals surface area contributed by atoms with E-state index in [1.807, 2.05) is 0 Å². The van der Waals surface area contributed by atoms with Crippen molar-refractivity contribution < 1.29 is 28.7 Å². The first-order chi connectivity index (χ1) is 20.8. The molecule has 0 bridgehead atoms. The number of hydrogen-bond acceptors (Lipinski definition) is 7. The van der Waals surface area contributed by atoms with Gasteiger partial charge >= 0.3 is 6.09 Å². The van der Waals surface area contributed by atoms with Gasteiger partial charge in [-0.1, -0.05) is 0 Å². The molecule has 240 valence electrons. The van der Waals surface area contributed by atoms with Crippen LogP contribution < -0.4 is 21.7 Å². The summed E-state index contributed by atoms with van der Waals surface area (Å²) in [5.41, 5.74) is 8.96. The quantitative estimate of drug-likeness (QED) is 0.219. The zero-order valence-corrected chi connectivity index (χ0v) is 26.9. The lowest BCUT2D eigenvalue weighted by Gasteiger charge is -2.19. The van der Waals surface area contributed by atoms with Crippen molar-refractivity contribution in [1.29, 1.82) is 0 Å². The third-order valence-corrected chi connectivity index (χ3v) is 6.39. The molecule has 0 aliphatic carbocycles. The molecule has 45 heavy (non-hydrogen) atoms. The zero-order valence-electron chi connectivity index (χ0n) is 26.9. The molecule has 5 N–H and O–H groups in total. The molecule has 0 saturated heterocycles. The van der Waals surface area contributed by atoms with E-state index in [1.54, 1.807) is 116 Å². The summed E-state index contributed by atoms with van der Waals surface area (Å²) in [5.74, 6) is -0.757. The summed E-state index contributed by atoms with van der Waals surface area (Å²) >= 11 is 0. The summed E-state index contributed by atoms with van der Waals surface area (Å²) in [6, 6.07) is 6.41. The molecule has 3 amide bonds. The maximum atomic E-state index is 12.5. The van der Waals surface area contributed by atoms with E-state index in [9.17, 15) is 24.0 Å². The Morgan fingerprint density at radius 1 is 0.600 bits per heavy atom. The fourth-order valence-electron chi connectivity index (χ4n) is 4.45. The summed E-state index contributed by atoms with van der Waals surface area (Å²) in [6.45, 7) is 8.26. The number of nitrogen functional groups attached to an aromatic ring is 1. The number of rotatable bonds is 7. The summed E-state index contributed by atoms with van der Waals surface area (Å²) in [7, 11) is 6.93. The number of nitrogens with zero attached hydrogens (tertiary/aromatic N) is 4. The Morgan fingerprint density at radius 3 is 1.31 bits per heavy atom. The van der Waals surface area contributed by atoms with Crippen molar-refractivity contribution in [3.8, 4) is 0 Å². The molecule has 4 aromatic rings. The van der Waals surface area contributed by atoms with Crippen LogP contribution in [0.2, 0.25) is 0 Å². The Bertz CT molecular complexity index is 1760. The van der Waals surface area contributed by atoms with E-state index >= 15 is 0 Å². The molecule has 0 aliphatic rings. The van der Waals surface area contributed by atoms with E-state index < -0.39 is 11.7 Å². The number of carbonyl (C=O) groups is 5. The molecule has 14 nitrogen and oxygen atoms in total. The average molecular weight is 621 g/mol. The molecule has 0 atom stereocenters. The van der Waals surface area contributed by atoms with Crippen molar-refractivity contribution in [2.24, 2.45) is 28.2 Å². The van der Waals surface area contributed by atoms with Crippen molar-refractivity contribution in [3.63, 3.8) is 0 Å². The SMILES string of the molecule is CC(=O)c1cc(NC(=O)c2cc(N)cn2C)cn1C.CC(=O)c1cc(NC(=O)c2cc(NC(=O)OC(C)(C)C)cn2C)cn1C. The first-order valence-electron chi connectivity index (χ1n) is 13.9. The van der Waals surface area contributed by atoms with Crippen LogP contribution in [0.15, 0.2) is 49.1 Å². The van der Waals surface area contributed by atoms with Crippen molar-refractivity contribution in [1.82, 2.24) is 18.3 Å². The number of ketones is 2. The minimum absolute atomic E-state index is 0.0499. The molecule has 4 aromatic heterocycles. The highest BCUT2D eigenvalue weighted by Gasteiger charge is 2.19. The van der Waals surface area contributed by atoms with E-state index in [4.69, 9.17) is 10.5 Å². The smallest absolute Gasteiger partial charge is 0.412 e. The lowest BCUT2D eigenvalue weighted by Crippen LogP contribution is -2.27. The Hall–Kier alpha value is -5.53. The third-order valence-electron chi connectivity index (χ3n) is 6.39. The molecule has 0 fully saturated rings. The van der Waals surface area contributed by atoms with Gasteiger partial charge in [-0.05, 0) is 45.0 Å². The number of ether oxygens (including phenoxy) is 1. The van der Waals surface area contributed by atoms with Gasteiger partial charge in [0.2, 0.25) is 0 Å². The lowest BCUT2D eigenvalue weighted by atomic mass is 10.2. The van der Waals surface area contributed by atoms with Gasteiger partial charge in [0, 0.05) is 66.8 Å². The van der Waals surface area contributed by atoms with Gasteiger partial charge in [0.1, 0.15) is 17.0 Å². The number of nitrogens with two attached hydrogens (primary N) is 1. The highest BCUT2D eigenvalue weighted by molar-refractivity contribution is 6.06. The number of anilines is 4. The van der Waals surface area contributed by atoms with Gasteiger partial charge in [0.15, 0.2) is 11.6 Å². The van der Waals surface area contributed by atoms with Crippen LogP contribution in [0.1, 0.15) is 76.6 Å². The van der Waals surface area contributed by atoms with Crippen LogP contribution in [-0.2, 0) is 32.9 Å². The molecule has 0 aliphatic heterocycles. The first kappa shape index (κ1) is 34.0. The molecule has 0 unspecified atom stereocenters. The molecule has 4 heterocycles. The largest absolute Gasteiger partial charge is 0.444 e. The summed E-state index contributed by atoms with van der Waals surface area (Å²) < 4.78 is 11.8. The Labute approximate surface area is 261 Å². The zero-order chi connectivity index (χ0) is 33.8. The second-order valence-electron chi connectivity index (χ2n) is 11.6. The van der Waals surface area contributed by atoms with Crippen LogP contribution >= 0.6 is 0 Å². The fraction of sp³-hybridized carbons (Fsp3) is 0.323. The van der Waals surface area contributed by atoms with Gasteiger partial charge in [0.25, 0.3) is 11.8 Å². The molecule has 0 spiro atoms. The number of aromatic nitrogens is 4. The number of hydrogen-bond donors (Lipinski definition) is 4. The number of Topliss-reactive ketones (excluding diaryl/α,β-unsaturated/α-hetero) is 2. The second kappa shape index (κ2) is 13.4. The summed E-state index contributed by atoms with van der Waals surface area (Å²) in [4.78, 5) is 59.2. The predicted molar refractivity (Wildman–Crippen MR) is 172 cm³/mol. The average Bonchev–Trinajstić information content (AvgIpc) is 3.64. The van der Waals surface area contributed by atoms with Crippen LogP contribution in [0.4, 0.5) is 27.5 Å². The van der Waals surface area contributed by atoms with Gasteiger partial charge in [0.05, 0.1) is 34.1 Å². The van der Waals surface area contributed by atoms with Crippen LogP contribution in [0.5, 0.6) is 0 Å². The fourth-order valence-corrected chi connectivity index (χ4v) is 4.45. The van der Waals surface area contributed by atoms with Gasteiger partial charge in [-0.3, -0.25) is 24.5 Å². The highest BCUT2D eigenvalue weighted by Crippen LogP contribution is 2.19. The standard InChI is InChI=1S/C18H24N4O4.C13H16N4O2/c1-11(23)14-7-12(9-21(14)5)19-16(24)15-8-13(10-22(15)6)20-17(25)26-18(2,3)4;1-8(18)11-5-10(7-17(11)3)15-13(19)12-4-9(14)6-16(12)2/h7-10H,1-6H3,(H,19,24)(H,20,25);4-7H,14H2,1-3H3,(H,15,19). The number of amides is 3. The van der Waals surface area contributed by atoms with E-state index in [2.05, 4.69) is 16.0 Å². The van der Waals surface area contributed by atoms with Crippen LogP contribution in [-0.4, -0.2) is 53.3 Å². The number of nitrogens with one attached hydrogen (secondary N) is 3. The molecule has 4 rings (SSSR count). The Kier molecular flexibility index (Phi) is 10.1. The molecular weight excluding hydrogens is 580 g/mol. The second-order valence-corrected chi connectivity index (χ2v) is 11.6.